The predicted octanol–water partition coefficient (Wildman–Crippen LogP) is 1.46. The van der Waals surface area contributed by atoms with Crippen LogP contribution in [-0.2, 0) is 16.0 Å². The van der Waals surface area contributed by atoms with Gasteiger partial charge in [-0.2, -0.15) is 5.10 Å². The first-order valence-electron chi connectivity index (χ1n) is 8.73. The number of likely N-dealkylation sites (N-methyl/N-ethyl adjacent to an activating group) is 1. The van der Waals surface area contributed by atoms with Crippen molar-refractivity contribution in [2.75, 3.05) is 25.0 Å². The first-order chi connectivity index (χ1) is 13.4. The van der Waals surface area contributed by atoms with Crippen LogP contribution in [0.25, 0.3) is 10.8 Å². The molecule has 0 unspecified atom stereocenters. The maximum Gasteiger partial charge on any atom is 0.272 e. The highest BCUT2D eigenvalue weighted by Crippen LogP contribution is 2.25. The number of anilines is 1. The third kappa shape index (κ3) is 3.18. The van der Waals surface area contributed by atoms with Gasteiger partial charge in [-0.3, -0.25) is 19.3 Å². The summed E-state index contributed by atoms with van der Waals surface area (Å²) in [6.45, 7) is 0.0864. The van der Waals surface area contributed by atoms with Gasteiger partial charge in [-0.05, 0) is 30.8 Å². The summed E-state index contributed by atoms with van der Waals surface area (Å²) < 4.78 is 14.4. The quantitative estimate of drug-likeness (QED) is 0.696. The Balaban J connectivity index is 1.73. The number of fused-ring (bicyclic) bond motifs is 1. The lowest BCUT2D eigenvalue weighted by atomic mass is 10.0. The smallest absolute Gasteiger partial charge is 0.272 e. The minimum Gasteiger partial charge on any atom is -0.289 e. The Labute approximate surface area is 159 Å². The Bertz CT molecular complexity index is 1140. The van der Waals surface area contributed by atoms with Crippen molar-refractivity contribution in [3.8, 4) is 0 Å². The fraction of sp³-hybridized carbons (Fsp3) is 0.200. The van der Waals surface area contributed by atoms with Crippen LogP contribution in [0.3, 0.4) is 0 Å². The Morgan fingerprint density at radius 3 is 2.43 bits per heavy atom. The van der Waals surface area contributed by atoms with Gasteiger partial charge in [-0.25, -0.2) is 14.4 Å². The molecule has 3 aromatic rings. The first kappa shape index (κ1) is 18.0. The fourth-order valence-corrected chi connectivity index (χ4v) is 3.41. The summed E-state index contributed by atoms with van der Waals surface area (Å²) in [6.07, 6.45) is 0.306. The third-order valence-electron chi connectivity index (χ3n) is 4.71. The van der Waals surface area contributed by atoms with E-state index in [1.807, 2.05) is 6.07 Å². The standard InChI is InChI=1S/C20H17FN4O3/c1-24-10-18(26)25(19(27)11-24)17-9-12(6-7-15(17)21)8-16-13-4-2-3-5-14(13)20(28)23-22-16/h2-7,9H,8,10-11H2,1H3,(H,23,28). The third-order valence-corrected chi connectivity index (χ3v) is 4.71. The van der Waals surface area contributed by atoms with Crippen molar-refractivity contribution in [3.63, 3.8) is 0 Å². The highest BCUT2D eigenvalue weighted by Gasteiger charge is 2.32. The van der Waals surface area contributed by atoms with Crippen molar-refractivity contribution >= 4 is 28.3 Å². The molecule has 2 amide bonds. The van der Waals surface area contributed by atoms with Crippen molar-refractivity contribution in [1.82, 2.24) is 15.1 Å². The van der Waals surface area contributed by atoms with E-state index in [-0.39, 0.29) is 24.3 Å². The average molecular weight is 380 g/mol. The van der Waals surface area contributed by atoms with Crippen LogP contribution >= 0.6 is 0 Å². The van der Waals surface area contributed by atoms with E-state index in [9.17, 15) is 18.8 Å². The van der Waals surface area contributed by atoms with Crippen LogP contribution in [0.2, 0.25) is 0 Å². The van der Waals surface area contributed by atoms with Crippen LogP contribution < -0.4 is 10.5 Å². The second-order valence-electron chi connectivity index (χ2n) is 6.80. The number of nitrogens with zero attached hydrogens (tertiary/aromatic N) is 3. The number of rotatable bonds is 3. The normalized spacial score (nSPS) is 15.4. The van der Waals surface area contributed by atoms with Crippen LogP contribution in [0.5, 0.6) is 0 Å². The van der Waals surface area contributed by atoms with Crippen molar-refractivity contribution < 1.29 is 14.0 Å². The fourth-order valence-electron chi connectivity index (χ4n) is 3.41. The van der Waals surface area contributed by atoms with Crippen molar-refractivity contribution in [2.45, 2.75) is 6.42 Å². The molecule has 0 radical (unpaired) electrons. The van der Waals surface area contributed by atoms with E-state index in [1.165, 1.54) is 12.1 Å². The minimum absolute atomic E-state index is 0.0432. The molecule has 1 N–H and O–H groups in total. The summed E-state index contributed by atoms with van der Waals surface area (Å²) >= 11 is 0. The van der Waals surface area contributed by atoms with Crippen molar-refractivity contribution in [3.05, 3.63) is 69.9 Å². The number of imide groups is 1. The van der Waals surface area contributed by atoms with E-state index < -0.39 is 17.6 Å². The molecule has 1 aliphatic heterocycles. The first-order valence-corrected chi connectivity index (χ1v) is 8.73. The van der Waals surface area contributed by atoms with Gasteiger partial charge in [-0.15, -0.1) is 0 Å². The van der Waals surface area contributed by atoms with Crippen LogP contribution in [0.4, 0.5) is 10.1 Å². The topological polar surface area (TPSA) is 86.4 Å². The Kier molecular flexibility index (Phi) is 4.48. The summed E-state index contributed by atoms with van der Waals surface area (Å²) in [5.74, 6) is -1.58. The van der Waals surface area contributed by atoms with Crippen molar-refractivity contribution in [1.29, 1.82) is 0 Å². The number of carbonyl (C=O) groups excluding carboxylic acids is 2. The molecule has 4 rings (SSSR count). The number of carbonyl (C=O) groups is 2. The van der Waals surface area contributed by atoms with Gasteiger partial charge in [0.15, 0.2) is 0 Å². The van der Waals surface area contributed by atoms with E-state index in [0.717, 1.165) is 4.90 Å². The number of hydrogen-bond acceptors (Lipinski definition) is 5. The highest BCUT2D eigenvalue weighted by molar-refractivity contribution is 6.17. The van der Waals surface area contributed by atoms with Crippen LogP contribution in [-0.4, -0.2) is 47.0 Å². The largest absolute Gasteiger partial charge is 0.289 e. The summed E-state index contributed by atoms with van der Waals surface area (Å²) in [6, 6.07) is 11.4. The zero-order chi connectivity index (χ0) is 19.8. The molecule has 8 heteroatoms. The molecule has 1 aliphatic rings. The number of amides is 2. The molecule has 0 bridgehead atoms. The monoisotopic (exact) mass is 380 g/mol. The molecular weight excluding hydrogens is 363 g/mol. The molecule has 0 spiro atoms. The molecular formula is C20H17FN4O3. The molecule has 28 heavy (non-hydrogen) atoms. The maximum absolute atomic E-state index is 14.4. The number of hydrogen-bond donors (Lipinski definition) is 1. The Hall–Kier alpha value is -3.39. The number of H-pyrrole nitrogens is 1. The van der Waals surface area contributed by atoms with Crippen LogP contribution in [0, 0.1) is 5.82 Å². The molecule has 1 saturated heterocycles. The lowest BCUT2D eigenvalue weighted by molar-refractivity contribution is -0.131. The molecule has 1 aromatic heterocycles. The number of halogens is 1. The zero-order valence-electron chi connectivity index (χ0n) is 15.1. The van der Waals surface area contributed by atoms with Gasteiger partial charge in [0.1, 0.15) is 5.82 Å². The van der Waals surface area contributed by atoms with Crippen LogP contribution in [0.15, 0.2) is 47.3 Å². The molecule has 2 heterocycles. The SMILES string of the molecule is CN1CC(=O)N(c2cc(Cc3n[nH]c(=O)c4ccccc34)ccc2F)C(=O)C1. The summed E-state index contributed by atoms with van der Waals surface area (Å²) in [5.41, 5.74) is 0.937. The predicted molar refractivity (Wildman–Crippen MR) is 102 cm³/mol. The van der Waals surface area contributed by atoms with E-state index in [2.05, 4.69) is 10.2 Å². The van der Waals surface area contributed by atoms with Crippen LogP contribution in [0.1, 0.15) is 11.3 Å². The number of piperazine rings is 1. The second-order valence-corrected chi connectivity index (χ2v) is 6.80. The summed E-state index contributed by atoms with van der Waals surface area (Å²) in [4.78, 5) is 39.0. The minimum atomic E-state index is -0.644. The highest BCUT2D eigenvalue weighted by atomic mass is 19.1. The van der Waals surface area contributed by atoms with E-state index in [0.29, 0.717) is 28.5 Å². The molecule has 142 valence electrons. The van der Waals surface area contributed by atoms with Crippen molar-refractivity contribution in [2.24, 2.45) is 0 Å². The van der Waals surface area contributed by atoms with E-state index in [4.69, 9.17) is 0 Å². The molecule has 2 aromatic carbocycles. The Morgan fingerprint density at radius 1 is 1.04 bits per heavy atom. The molecule has 1 fully saturated rings. The van der Waals surface area contributed by atoms with E-state index in [1.54, 1.807) is 36.2 Å². The second kappa shape index (κ2) is 6.97. The zero-order valence-corrected chi connectivity index (χ0v) is 15.1. The summed E-state index contributed by atoms with van der Waals surface area (Å²) in [5, 5.41) is 7.80. The maximum atomic E-state index is 14.4. The van der Waals surface area contributed by atoms with Gasteiger partial charge in [0.05, 0.1) is 29.9 Å². The van der Waals surface area contributed by atoms with Gasteiger partial charge in [0, 0.05) is 11.8 Å². The van der Waals surface area contributed by atoms with Gasteiger partial charge < -0.3 is 0 Å². The number of nitrogens with one attached hydrogen (secondary N) is 1. The van der Waals surface area contributed by atoms with Gasteiger partial charge >= 0.3 is 0 Å². The number of aromatic nitrogens is 2. The van der Waals surface area contributed by atoms with Gasteiger partial charge in [-0.1, -0.05) is 24.3 Å². The molecule has 0 aliphatic carbocycles. The number of aromatic amines is 1. The van der Waals surface area contributed by atoms with Gasteiger partial charge in [0.2, 0.25) is 11.8 Å². The lowest BCUT2D eigenvalue weighted by Crippen LogP contribution is -2.53. The molecule has 0 saturated carbocycles. The Morgan fingerprint density at radius 2 is 1.71 bits per heavy atom. The molecule has 0 atom stereocenters. The summed E-state index contributed by atoms with van der Waals surface area (Å²) in [7, 11) is 1.66. The number of benzene rings is 2. The van der Waals surface area contributed by atoms with Gasteiger partial charge in [0.25, 0.3) is 5.56 Å². The molecule has 7 nitrogen and oxygen atoms in total. The van der Waals surface area contributed by atoms with E-state index >= 15 is 0 Å². The average Bonchev–Trinajstić information content (AvgIpc) is 2.66. The lowest BCUT2D eigenvalue weighted by Gasteiger charge is -2.30.